The van der Waals surface area contributed by atoms with E-state index in [0.29, 0.717) is 16.9 Å². The second kappa shape index (κ2) is 6.86. The van der Waals surface area contributed by atoms with Crippen LogP contribution in [0.1, 0.15) is 72.3 Å². The SMILES string of the molecule is O=C1C[C@H](c2cc(F)c(F)c(F)c2)c2c(ccc3c2OC2(CCCCC2)CC3=O)O1. The Morgan fingerprint density at radius 2 is 1.67 bits per heavy atom. The van der Waals surface area contributed by atoms with Gasteiger partial charge in [-0.2, -0.15) is 0 Å². The number of Topliss-reactive ketones (excluding diaryl/α,β-unsaturated/α-hetero) is 1. The molecule has 1 atom stereocenters. The molecule has 1 fully saturated rings. The van der Waals surface area contributed by atoms with E-state index in [0.717, 1.165) is 44.2 Å². The lowest BCUT2D eigenvalue weighted by Crippen LogP contribution is -2.44. The summed E-state index contributed by atoms with van der Waals surface area (Å²) in [7, 11) is 0. The topological polar surface area (TPSA) is 52.6 Å². The average Bonchev–Trinajstić information content (AvgIpc) is 2.71. The molecule has 0 radical (unpaired) electrons. The molecule has 30 heavy (non-hydrogen) atoms. The highest BCUT2D eigenvalue weighted by molar-refractivity contribution is 6.01. The van der Waals surface area contributed by atoms with Gasteiger partial charge in [0.05, 0.1) is 18.4 Å². The molecule has 1 saturated carbocycles. The molecule has 4 nitrogen and oxygen atoms in total. The Morgan fingerprint density at radius 1 is 0.967 bits per heavy atom. The molecule has 2 aromatic carbocycles. The van der Waals surface area contributed by atoms with Gasteiger partial charge in [-0.25, -0.2) is 13.2 Å². The van der Waals surface area contributed by atoms with E-state index in [1.807, 2.05) is 0 Å². The van der Waals surface area contributed by atoms with Crippen LogP contribution in [0.4, 0.5) is 13.2 Å². The van der Waals surface area contributed by atoms with E-state index in [9.17, 15) is 22.8 Å². The molecule has 0 unspecified atom stereocenters. The Hall–Kier alpha value is -2.83. The number of carbonyl (C=O) groups excluding carboxylic acids is 2. The van der Waals surface area contributed by atoms with Crippen LogP contribution in [0.2, 0.25) is 0 Å². The molecule has 156 valence electrons. The summed E-state index contributed by atoms with van der Waals surface area (Å²) in [6, 6.07) is 4.83. The standard InChI is InChI=1S/C23H19F3O4/c24-15-8-12(9-16(25)21(15)26)14-10-19(28)29-18-5-4-13-17(27)11-23(6-2-1-3-7-23)30-22(13)20(14)18/h4-5,8-9,14H,1-3,6-7,10-11H2/t14-/m1/s1. The number of hydrogen-bond donors (Lipinski definition) is 0. The molecule has 2 heterocycles. The molecule has 0 aromatic heterocycles. The van der Waals surface area contributed by atoms with Crippen LogP contribution in [0.5, 0.6) is 11.5 Å². The molecule has 0 amide bonds. The van der Waals surface area contributed by atoms with Gasteiger partial charge in [-0.1, -0.05) is 6.42 Å². The lowest BCUT2D eigenvalue weighted by molar-refractivity contribution is -0.135. The first-order chi connectivity index (χ1) is 14.4. The first kappa shape index (κ1) is 19.2. The largest absolute Gasteiger partial charge is 0.486 e. The van der Waals surface area contributed by atoms with Crippen LogP contribution in [0.25, 0.3) is 0 Å². The minimum Gasteiger partial charge on any atom is -0.486 e. The van der Waals surface area contributed by atoms with Crippen LogP contribution in [0, 0.1) is 17.5 Å². The van der Waals surface area contributed by atoms with E-state index >= 15 is 0 Å². The number of rotatable bonds is 1. The number of hydrogen-bond acceptors (Lipinski definition) is 4. The molecule has 1 spiro atoms. The van der Waals surface area contributed by atoms with Crippen LogP contribution >= 0.6 is 0 Å². The van der Waals surface area contributed by atoms with Gasteiger partial charge in [0.2, 0.25) is 0 Å². The summed E-state index contributed by atoms with van der Waals surface area (Å²) in [6.07, 6.45) is 4.54. The van der Waals surface area contributed by atoms with Crippen molar-refractivity contribution in [2.45, 2.75) is 56.5 Å². The van der Waals surface area contributed by atoms with Crippen LogP contribution in [0.3, 0.4) is 0 Å². The van der Waals surface area contributed by atoms with Gasteiger partial charge in [0, 0.05) is 11.5 Å². The van der Waals surface area contributed by atoms with Crippen molar-refractivity contribution in [2.75, 3.05) is 0 Å². The molecule has 0 bridgehead atoms. The van der Waals surface area contributed by atoms with Gasteiger partial charge in [-0.3, -0.25) is 9.59 Å². The number of fused-ring (bicyclic) bond motifs is 3. The fraction of sp³-hybridized carbons (Fsp3) is 0.391. The number of ketones is 1. The van der Waals surface area contributed by atoms with Crippen LogP contribution in [-0.2, 0) is 4.79 Å². The second-order valence-corrected chi connectivity index (χ2v) is 8.33. The molecular formula is C23H19F3O4. The maximum Gasteiger partial charge on any atom is 0.312 e. The highest BCUT2D eigenvalue weighted by Gasteiger charge is 2.45. The predicted molar refractivity (Wildman–Crippen MR) is 100 cm³/mol. The van der Waals surface area contributed by atoms with Crippen LogP contribution < -0.4 is 9.47 Å². The number of carbonyl (C=O) groups is 2. The monoisotopic (exact) mass is 416 g/mol. The van der Waals surface area contributed by atoms with Crippen molar-refractivity contribution in [1.82, 2.24) is 0 Å². The number of ether oxygens (including phenoxy) is 2. The highest BCUT2D eigenvalue weighted by Crippen LogP contribution is 2.51. The summed E-state index contributed by atoms with van der Waals surface area (Å²) in [5, 5.41) is 0. The van der Waals surface area contributed by atoms with Crippen molar-refractivity contribution >= 4 is 11.8 Å². The minimum atomic E-state index is -1.57. The van der Waals surface area contributed by atoms with Crippen molar-refractivity contribution in [3.05, 3.63) is 58.4 Å². The van der Waals surface area contributed by atoms with Crippen molar-refractivity contribution < 1.29 is 32.2 Å². The summed E-state index contributed by atoms with van der Waals surface area (Å²) in [6.45, 7) is 0. The summed E-state index contributed by atoms with van der Waals surface area (Å²) >= 11 is 0. The third-order valence-electron chi connectivity index (χ3n) is 6.37. The van der Waals surface area contributed by atoms with Gasteiger partial charge in [0.1, 0.15) is 17.1 Å². The van der Waals surface area contributed by atoms with Crippen molar-refractivity contribution in [1.29, 1.82) is 0 Å². The molecule has 5 rings (SSSR count). The van der Waals surface area contributed by atoms with E-state index in [4.69, 9.17) is 9.47 Å². The molecule has 7 heteroatoms. The zero-order valence-corrected chi connectivity index (χ0v) is 16.1. The van der Waals surface area contributed by atoms with E-state index in [2.05, 4.69) is 0 Å². The van der Waals surface area contributed by atoms with Gasteiger partial charge in [-0.15, -0.1) is 0 Å². The van der Waals surface area contributed by atoms with E-state index in [1.165, 1.54) is 6.07 Å². The molecule has 2 aliphatic heterocycles. The van der Waals surface area contributed by atoms with E-state index in [1.54, 1.807) is 6.07 Å². The number of halogens is 3. The lowest BCUT2D eigenvalue weighted by atomic mass is 9.76. The first-order valence-electron chi connectivity index (χ1n) is 10.1. The molecule has 2 aromatic rings. The van der Waals surface area contributed by atoms with Crippen molar-refractivity contribution in [2.24, 2.45) is 0 Å². The van der Waals surface area contributed by atoms with Gasteiger partial charge in [0.25, 0.3) is 0 Å². The molecular weight excluding hydrogens is 397 g/mol. The van der Waals surface area contributed by atoms with Crippen LogP contribution in [0.15, 0.2) is 24.3 Å². The summed E-state index contributed by atoms with van der Waals surface area (Å²) in [4.78, 5) is 25.1. The Morgan fingerprint density at radius 3 is 2.37 bits per heavy atom. The quantitative estimate of drug-likeness (QED) is 0.364. The molecule has 3 aliphatic rings. The van der Waals surface area contributed by atoms with Crippen molar-refractivity contribution in [3.8, 4) is 11.5 Å². The fourth-order valence-corrected chi connectivity index (χ4v) is 4.94. The molecule has 0 N–H and O–H groups in total. The molecule has 1 aliphatic carbocycles. The van der Waals surface area contributed by atoms with Gasteiger partial charge in [-0.05, 0) is 55.5 Å². The van der Waals surface area contributed by atoms with Gasteiger partial charge < -0.3 is 9.47 Å². The van der Waals surface area contributed by atoms with E-state index < -0.39 is 34.9 Å². The highest BCUT2D eigenvalue weighted by atomic mass is 19.2. The van der Waals surface area contributed by atoms with Crippen LogP contribution in [-0.4, -0.2) is 17.4 Å². The smallest absolute Gasteiger partial charge is 0.312 e. The normalized spacial score (nSPS) is 22.2. The fourth-order valence-electron chi connectivity index (χ4n) is 4.94. The second-order valence-electron chi connectivity index (χ2n) is 8.33. The van der Waals surface area contributed by atoms with Gasteiger partial charge >= 0.3 is 5.97 Å². The summed E-state index contributed by atoms with van der Waals surface area (Å²) in [5.41, 5.74) is 0.270. The summed E-state index contributed by atoms with van der Waals surface area (Å²) < 4.78 is 53.2. The Bertz CT molecular complexity index is 1050. The summed E-state index contributed by atoms with van der Waals surface area (Å²) in [5.74, 6) is -5.19. The Labute approximate surface area is 171 Å². The minimum absolute atomic E-state index is 0.0620. The average molecular weight is 416 g/mol. The zero-order chi connectivity index (χ0) is 21.0. The Kier molecular flexibility index (Phi) is 4.38. The van der Waals surface area contributed by atoms with Crippen molar-refractivity contribution in [3.63, 3.8) is 0 Å². The van der Waals surface area contributed by atoms with Gasteiger partial charge in [0.15, 0.2) is 23.2 Å². The third-order valence-corrected chi connectivity index (χ3v) is 6.37. The predicted octanol–water partition coefficient (Wildman–Crippen LogP) is 5.21. The maximum atomic E-state index is 13.9. The van der Waals surface area contributed by atoms with E-state index in [-0.39, 0.29) is 29.9 Å². The zero-order valence-electron chi connectivity index (χ0n) is 16.1. The number of esters is 1. The third kappa shape index (κ3) is 2.99. The number of benzene rings is 2. The first-order valence-corrected chi connectivity index (χ1v) is 10.1. The Balaban J connectivity index is 1.68. The lowest BCUT2D eigenvalue weighted by Gasteiger charge is -2.42. The maximum absolute atomic E-state index is 13.9. The molecule has 0 saturated heterocycles.